The van der Waals surface area contributed by atoms with Crippen LogP contribution in [-0.2, 0) is 0 Å². The molecule has 1 fully saturated rings. The molecule has 0 bridgehead atoms. The first kappa shape index (κ1) is 13.8. The van der Waals surface area contributed by atoms with E-state index in [1.54, 1.807) is 11.8 Å². The van der Waals surface area contributed by atoms with E-state index in [1.807, 2.05) is 0 Å². The van der Waals surface area contributed by atoms with Crippen molar-refractivity contribution in [2.45, 2.75) is 19.8 Å². The van der Waals surface area contributed by atoms with Crippen LogP contribution < -0.4 is 5.73 Å². The molecule has 0 saturated carbocycles. The second-order valence-electron chi connectivity index (χ2n) is 5.09. The van der Waals surface area contributed by atoms with Crippen LogP contribution in [0.5, 0.6) is 0 Å². The average Bonchev–Trinajstić information content (AvgIpc) is 2.83. The Bertz CT molecular complexity index is 467. The molecule has 0 spiro atoms. The predicted molar refractivity (Wildman–Crippen MR) is 71.3 cm³/mol. The Morgan fingerprint density at radius 2 is 2.32 bits per heavy atom. The molecule has 104 valence electrons. The second-order valence-corrected chi connectivity index (χ2v) is 5.09. The zero-order valence-corrected chi connectivity index (χ0v) is 11.0. The monoisotopic (exact) mass is 266 g/mol. The van der Waals surface area contributed by atoms with E-state index >= 15 is 0 Å². The molecule has 1 saturated heterocycles. The third-order valence-corrected chi connectivity index (χ3v) is 3.74. The first-order valence-corrected chi connectivity index (χ1v) is 6.48. The second kappa shape index (κ2) is 5.57. The Morgan fingerprint density at radius 3 is 2.95 bits per heavy atom. The first-order valence-electron chi connectivity index (χ1n) is 6.48. The minimum absolute atomic E-state index is 0.138. The summed E-state index contributed by atoms with van der Waals surface area (Å²) in [4.78, 5) is 14.0. The molecule has 1 aromatic carbocycles. The summed E-state index contributed by atoms with van der Waals surface area (Å²) in [5.74, 6) is -0.304. The van der Waals surface area contributed by atoms with Crippen LogP contribution >= 0.6 is 0 Å². The van der Waals surface area contributed by atoms with Gasteiger partial charge in [0.1, 0.15) is 5.82 Å². The van der Waals surface area contributed by atoms with Crippen molar-refractivity contribution in [2.24, 2.45) is 5.92 Å². The molecule has 2 rings (SSSR count). The molecule has 4 nitrogen and oxygen atoms in total. The van der Waals surface area contributed by atoms with Gasteiger partial charge in [-0.3, -0.25) is 4.79 Å². The van der Waals surface area contributed by atoms with Crippen molar-refractivity contribution in [1.82, 2.24) is 4.90 Å². The van der Waals surface area contributed by atoms with E-state index in [9.17, 15) is 9.18 Å². The van der Waals surface area contributed by atoms with Gasteiger partial charge in [0.2, 0.25) is 0 Å². The lowest BCUT2D eigenvalue weighted by Gasteiger charge is -2.17. The lowest BCUT2D eigenvalue weighted by atomic mass is 10.1. The van der Waals surface area contributed by atoms with Gasteiger partial charge in [0, 0.05) is 36.5 Å². The first-order chi connectivity index (χ1) is 9.02. The zero-order valence-electron chi connectivity index (χ0n) is 11.0. The Kier molecular flexibility index (Phi) is 4.04. The normalized spacial score (nSPS) is 18.9. The topological polar surface area (TPSA) is 66.6 Å². The third-order valence-electron chi connectivity index (χ3n) is 3.74. The van der Waals surface area contributed by atoms with Crippen LogP contribution in [0, 0.1) is 18.7 Å². The van der Waals surface area contributed by atoms with Gasteiger partial charge in [0.15, 0.2) is 0 Å². The van der Waals surface area contributed by atoms with Gasteiger partial charge in [-0.2, -0.15) is 0 Å². The fraction of sp³-hybridized carbons (Fsp3) is 0.500. The molecule has 1 amide bonds. The van der Waals surface area contributed by atoms with E-state index in [-0.39, 0.29) is 12.5 Å². The van der Waals surface area contributed by atoms with Gasteiger partial charge in [0.25, 0.3) is 5.91 Å². The molecule has 1 unspecified atom stereocenters. The number of nitrogen functional groups attached to an aromatic ring is 1. The van der Waals surface area contributed by atoms with Crippen molar-refractivity contribution in [3.05, 3.63) is 29.1 Å². The number of hydrogen-bond donors (Lipinski definition) is 2. The number of hydrogen-bond acceptors (Lipinski definition) is 3. The van der Waals surface area contributed by atoms with Crippen LogP contribution in [0.1, 0.15) is 28.8 Å². The van der Waals surface area contributed by atoms with Crippen LogP contribution in [0.3, 0.4) is 0 Å². The quantitative estimate of drug-likeness (QED) is 0.816. The van der Waals surface area contributed by atoms with Crippen molar-refractivity contribution < 1.29 is 14.3 Å². The summed E-state index contributed by atoms with van der Waals surface area (Å²) >= 11 is 0. The number of rotatable bonds is 3. The van der Waals surface area contributed by atoms with E-state index in [2.05, 4.69) is 0 Å². The van der Waals surface area contributed by atoms with Crippen molar-refractivity contribution in [1.29, 1.82) is 0 Å². The van der Waals surface area contributed by atoms with Crippen LogP contribution in [0.2, 0.25) is 0 Å². The maximum absolute atomic E-state index is 13.6. The molecule has 1 heterocycles. The molecule has 1 atom stereocenters. The summed E-state index contributed by atoms with van der Waals surface area (Å²) in [7, 11) is 0. The van der Waals surface area contributed by atoms with Crippen molar-refractivity contribution in [3.8, 4) is 0 Å². The van der Waals surface area contributed by atoms with Gasteiger partial charge < -0.3 is 15.7 Å². The van der Waals surface area contributed by atoms with E-state index in [0.717, 1.165) is 6.42 Å². The molecule has 0 aromatic heterocycles. The lowest BCUT2D eigenvalue weighted by Crippen LogP contribution is -2.29. The van der Waals surface area contributed by atoms with E-state index in [0.29, 0.717) is 42.2 Å². The number of likely N-dealkylation sites (tertiary alicyclic amines) is 1. The van der Waals surface area contributed by atoms with E-state index < -0.39 is 5.82 Å². The molecule has 1 aliphatic rings. The fourth-order valence-electron chi connectivity index (χ4n) is 2.44. The molecule has 1 aliphatic heterocycles. The van der Waals surface area contributed by atoms with Gasteiger partial charge in [-0.15, -0.1) is 0 Å². The molecule has 3 N–H and O–H groups in total. The summed E-state index contributed by atoms with van der Waals surface area (Å²) in [6.07, 6.45) is 1.59. The minimum atomic E-state index is -0.450. The Hall–Kier alpha value is -1.62. The maximum Gasteiger partial charge on any atom is 0.254 e. The lowest BCUT2D eigenvalue weighted by molar-refractivity contribution is 0.0784. The van der Waals surface area contributed by atoms with Crippen LogP contribution in [0.15, 0.2) is 12.1 Å². The zero-order chi connectivity index (χ0) is 14.0. The van der Waals surface area contributed by atoms with E-state index in [4.69, 9.17) is 10.8 Å². The van der Waals surface area contributed by atoms with Gasteiger partial charge in [-0.05, 0) is 37.8 Å². The van der Waals surface area contributed by atoms with Crippen LogP contribution in [-0.4, -0.2) is 35.6 Å². The molecule has 19 heavy (non-hydrogen) atoms. The fourth-order valence-corrected chi connectivity index (χ4v) is 2.44. The number of carbonyl (C=O) groups excluding carboxylic acids is 1. The maximum atomic E-state index is 13.6. The van der Waals surface area contributed by atoms with Gasteiger partial charge in [0.05, 0.1) is 0 Å². The number of amides is 1. The number of carbonyl (C=O) groups is 1. The van der Waals surface area contributed by atoms with Gasteiger partial charge in [-0.25, -0.2) is 4.39 Å². The summed E-state index contributed by atoms with van der Waals surface area (Å²) in [5.41, 5.74) is 6.66. The number of anilines is 1. The summed E-state index contributed by atoms with van der Waals surface area (Å²) in [6, 6.07) is 2.77. The largest absolute Gasteiger partial charge is 0.398 e. The van der Waals surface area contributed by atoms with Crippen LogP contribution in [0.4, 0.5) is 10.1 Å². The minimum Gasteiger partial charge on any atom is -0.398 e. The number of halogens is 1. The van der Waals surface area contributed by atoms with E-state index in [1.165, 1.54) is 12.1 Å². The number of nitrogens with two attached hydrogens (primary N) is 1. The standard InChI is InChI=1S/C14H19FN2O2/c1-9-12(15)6-11(7-13(9)16)14(19)17-4-2-10(8-17)3-5-18/h6-7,10,18H,2-5,8,16H2,1H3. The predicted octanol–water partition coefficient (Wildman–Crippen LogP) is 1.56. The van der Waals surface area contributed by atoms with Crippen molar-refractivity contribution in [3.63, 3.8) is 0 Å². The van der Waals surface area contributed by atoms with Gasteiger partial charge >= 0.3 is 0 Å². The Balaban J connectivity index is 2.13. The molecule has 1 aromatic rings. The average molecular weight is 266 g/mol. The van der Waals surface area contributed by atoms with Crippen LogP contribution in [0.25, 0.3) is 0 Å². The molecular weight excluding hydrogens is 247 g/mol. The number of aliphatic hydroxyl groups is 1. The molecule has 0 radical (unpaired) electrons. The smallest absolute Gasteiger partial charge is 0.254 e. The number of benzene rings is 1. The Labute approximate surface area is 112 Å². The van der Waals surface area contributed by atoms with Crippen molar-refractivity contribution >= 4 is 11.6 Å². The Morgan fingerprint density at radius 1 is 1.58 bits per heavy atom. The number of aliphatic hydroxyl groups excluding tert-OH is 1. The highest BCUT2D eigenvalue weighted by Crippen LogP contribution is 2.23. The SMILES string of the molecule is Cc1c(N)cc(C(=O)N2CCC(CCO)C2)cc1F. The summed E-state index contributed by atoms with van der Waals surface area (Å²) < 4.78 is 13.6. The van der Waals surface area contributed by atoms with Gasteiger partial charge in [-0.1, -0.05) is 0 Å². The molecule has 0 aliphatic carbocycles. The highest BCUT2D eigenvalue weighted by atomic mass is 19.1. The molecular formula is C14H19FN2O2. The summed E-state index contributed by atoms with van der Waals surface area (Å²) in [5, 5.41) is 8.90. The third kappa shape index (κ3) is 2.87. The highest BCUT2D eigenvalue weighted by Gasteiger charge is 2.27. The number of nitrogens with zero attached hydrogens (tertiary/aromatic N) is 1. The summed E-state index contributed by atoms with van der Waals surface area (Å²) in [6.45, 7) is 3.00. The van der Waals surface area contributed by atoms with Crippen molar-refractivity contribution in [2.75, 3.05) is 25.4 Å². The highest BCUT2D eigenvalue weighted by molar-refractivity contribution is 5.95. The molecule has 5 heteroatoms.